The number of hydrogen-bond donors (Lipinski definition) is 12. The molecule has 2 aromatic carbocycles. The van der Waals surface area contributed by atoms with Crippen LogP contribution in [-0.4, -0.2) is 147 Å². The topological polar surface area (TPSA) is 384 Å². The minimum Gasteiger partial charge on any atom is -0.481 e. The molecule has 24 heteroatoms. The Morgan fingerprint density at radius 2 is 1.34 bits per heavy atom. The number of carbonyl (C=O) groups excluding carboxylic acids is 9. The van der Waals surface area contributed by atoms with E-state index in [4.69, 9.17) is 11.5 Å². The molecule has 0 unspecified atom stereocenters. The van der Waals surface area contributed by atoms with Crippen molar-refractivity contribution in [2.24, 2.45) is 17.4 Å². The summed E-state index contributed by atoms with van der Waals surface area (Å²) in [5.41, 5.74) is 13.6. The second-order valence-electron chi connectivity index (χ2n) is 17.3. The predicted molar refractivity (Wildman–Crippen MR) is 249 cm³/mol. The molecule has 2 heterocycles. The van der Waals surface area contributed by atoms with Crippen LogP contribution in [0.25, 0.3) is 10.9 Å². The number of primary amides is 1. The maximum Gasteiger partial charge on any atom is 0.326 e. The van der Waals surface area contributed by atoms with Gasteiger partial charge in [-0.15, -0.1) is 0 Å². The lowest BCUT2D eigenvalue weighted by atomic mass is 10.0. The Bertz CT molecular complexity index is 2430. The highest BCUT2D eigenvalue weighted by atomic mass is 16.4. The first-order chi connectivity index (χ1) is 33.1. The summed E-state index contributed by atoms with van der Waals surface area (Å²) in [6.07, 6.45) is 0.722. The number of aliphatic carboxylic acids is 2. The molecule has 0 saturated carbocycles. The summed E-state index contributed by atoms with van der Waals surface area (Å²) in [7, 11) is 0. The Morgan fingerprint density at radius 1 is 0.700 bits per heavy atom. The molecular weight excluding hydrogens is 915 g/mol. The third kappa shape index (κ3) is 15.9. The molecule has 70 heavy (non-hydrogen) atoms. The average Bonchev–Trinajstić information content (AvgIpc) is 3.96. The molecule has 0 radical (unpaired) electrons. The number of nitrogens with two attached hydrogens (primary N) is 2. The summed E-state index contributed by atoms with van der Waals surface area (Å²) < 4.78 is 0. The zero-order chi connectivity index (χ0) is 51.8. The van der Waals surface area contributed by atoms with E-state index in [1.54, 1.807) is 36.5 Å². The average molecular weight is 976 g/mol. The van der Waals surface area contributed by atoms with Gasteiger partial charge in [-0.2, -0.15) is 0 Å². The van der Waals surface area contributed by atoms with Crippen molar-refractivity contribution >= 4 is 76.0 Å². The number of H-pyrrole nitrogens is 1. The van der Waals surface area contributed by atoms with E-state index >= 15 is 0 Å². The normalized spacial score (nSPS) is 16.3. The Kier molecular flexibility index (Phi) is 19.9. The van der Waals surface area contributed by atoms with Gasteiger partial charge in [0.05, 0.1) is 25.4 Å². The van der Waals surface area contributed by atoms with Gasteiger partial charge in [0.1, 0.15) is 42.3 Å². The molecule has 1 aromatic heterocycles. The first-order valence-corrected chi connectivity index (χ1v) is 22.5. The Morgan fingerprint density at radius 3 is 1.99 bits per heavy atom. The van der Waals surface area contributed by atoms with Gasteiger partial charge in [0.25, 0.3) is 0 Å². The molecule has 8 atom stereocenters. The maximum absolute atomic E-state index is 14.4. The lowest BCUT2D eigenvalue weighted by molar-refractivity contribution is -0.144. The van der Waals surface area contributed by atoms with Crippen LogP contribution in [0.2, 0.25) is 0 Å². The molecule has 1 fully saturated rings. The van der Waals surface area contributed by atoms with Crippen molar-refractivity contribution in [3.8, 4) is 0 Å². The molecule has 4 rings (SSSR count). The Balaban J connectivity index is 1.40. The minimum atomic E-state index is -1.76. The van der Waals surface area contributed by atoms with Crippen LogP contribution >= 0.6 is 0 Å². The molecule has 0 bridgehead atoms. The smallest absolute Gasteiger partial charge is 0.326 e. The SMILES string of the molecule is CC(C)[C@H](NC(=O)[C@H](CC(=O)O)NC(=O)[C@@H]1CCCN1C(=O)[C@H](Cc1ccccc1)NC(=O)[C@H](C)NC(=O)[C@@H](N)Cc1c[nH]c2ccccc12)C(=O)N[C@@H](C)C(=O)NCC(=O)N[C@@H](CC(N)=O)C(=O)O. The molecule has 14 N–H and O–H groups in total. The zero-order valence-corrected chi connectivity index (χ0v) is 39.1. The highest BCUT2D eigenvalue weighted by Gasteiger charge is 2.40. The van der Waals surface area contributed by atoms with Crippen LogP contribution in [0.15, 0.2) is 60.8 Å². The molecule has 1 saturated heterocycles. The number of benzene rings is 2. The van der Waals surface area contributed by atoms with Gasteiger partial charge in [-0.25, -0.2) is 4.79 Å². The number of carboxylic acid groups (broad SMARTS) is 2. The second kappa shape index (κ2) is 25.5. The number of aromatic amines is 1. The highest BCUT2D eigenvalue weighted by Crippen LogP contribution is 2.21. The number of fused-ring (bicyclic) bond motifs is 1. The fourth-order valence-electron chi connectivity index (χ4n) is 7.64. The summed E-state index contributed by atoms with van der Waals surface area (Å²) in [5.74, 6) is -11.4. The van der Waals surface area contributed by atoms with Crippen molar-refractivity contribution in [3.63, 3.8) is 0 Å². The van der Waals surface area contributed by atoms with Crippen molar-refractivity contribution in [2.45, 2.75) is 115 Å². The van der Waals surface area contributed by atoms with Gasteiger partial charge in [0, 0.05) is 30.1 Å². The number of nitrogens with one attached hydrogen (secondary N) is 8. The van der Waals surface area contributed by atoms with Crippen LogP contribution in [0.1, 0.15) is 64.5 Å². The fourth-order valence-corrected chi connectivity index (χ4v) is 7.64. The number of nitrogens with zero attached hydrogens (tertiary/aromatic N) is 1. The first kappa shape index (κ1) is 54.7. The number of rotatable bonds is 25. The van der Waals surface area contributed by atoms with E-state index in [0.717, 1.165) is 16.5 Å². The van der Waals surface area contributed by atoms with Gasteiger partial charge in [0.2, 0.25) is 53.2 Å². The molecule has 0 spiro atoms. The molecule has 24 nitrogen and oxygen atoms in total. The van der Waals surface area contributed by atoms with E-state index in [0.29, 0.717) is 12.0 Å². The lowest BCUT2D eigenvalue weighted by Crippen LogP contribution is -2.60. The number of carboxylic acids is 2. The van der Waals surface area contributed by atoms with Crippen molar-refractivity contribution in [1.29, 1.82) is 0 Å². The van der Waals surface area contributed by atoms with E-state index in [1.165, 1.54) is 32.6 Å². The first-order valence-electron chi connectivity index (χ1n) is 22.5. The lowest BCUT2D eigenvalue weighted by Gasteiger charge is -2.31. The fraction of sp³-hybridized carbons (Fsp3) is 0.457. The van der Waals surface area contributed by atoms with Crippen LogP contribution in [0, 0.1) is 5.92 Å². The molecule has 378 valence electrons. The van der Waals surface area contributed by atoms with Crippen LogP contribution in [-0.2, 0) is 65.6 Å². The van der Waals surface area contributed by atoms with Crippen molar-refractivity contribution in [2.75, 3.05) is 13.1 Å². The molecular formula is C46H61N11O13. The standard InChI is InChI=1S/C46H61N11O13/c1-23(2)38(44(67)52-24(3)39(62)50-22-36(59)53-33(46(69)70)19-35(48)58)56-42(65)31(20-37(60)61)54-43(66)34-15-10-16-57(34)45(68)32(17-26-11-6-5-7-12-26)55-40(63)25(4)51-41(64)29(47)18-27-21-49-30-14-9-8-13-28(27)30/h5-9,11-14,21,23-25,29,31-34,38,49H,10,15-20,22,47H2,1-4H3,(H2,48,58)(H,50,62)(H,51,64)(H,52,67)(H,53,59)(H,54,66)(H,55,63)(H,56,65)(H,60,61)(H,69,70)/t24-,25-,29-,31-,32-,33-,34-,38-/m0/s1. The van der Waals surface area contributed by atoms with Crippen LogP contribution in [0.3, 0.4) is 0 Å². The summed E-state index contributed by atoms with van der Waals surface area (Å²) in [4.78, 5) is 146. The van der Waals surface area contributed by atoms with Gasteiger partial charge >= 0.3 is 11.9 Å². The van der Waals surface area contributed by atoms with E-state index in [2.05, 4.69) is 36.9 Å². The molecule has 1 aliphatic heterocycles. The van der Waals surface area contributed by atoms with Crippen LogP contribution in [0.4, 0.5) is 0 Å². The largest absolute Gasteiger partial charge is 0.481 e. The summed E-state index contributed by atoms with van der Waals surface area (Å²) in [6.45, 7) is 5.08. The predicted octanol–water partition coefficient (Wildman–Crippen LogP) is -2.57. The van der Waals surface area contributed by atoms with E-state index in [9.17, 15) is 63.0 Å². The van der Waals surface area contributed by atoms with Crippen molar-refractivity contribution in [1.82, 2.24) is 47.1 Å². The monoisotopic (exact) mass is 975 g/mol. The number of likely N-dealkylation sites (tertiary alicyclic amines) is 1. The quantitative estimate of drug-likeness (QED) is 0.0415. The van der Waals surface area contributed by atoms with Gasteiger partial charge < -0.3 is 68.8 Å². The minimum absolute atomic E-state index is 0.0130. The van der Waals surface area contributed by atoms with E-state index < -0.39 is 139 Å². The highest BCUT2D eigenvalue weighted by molar-refractivity contribution is 5.99. The van der Waals surface area contributed by atoms with E-state index in [-0.39, 0.29) is 25.8 Å². The molecule has 1 aliphatic rings. The van der Waals surface area contributed by atoms with Crippen LogP contribution in [0.5, 0.6) is 0 Å². The third-order valence-corrected chi connectivity index (χ3v) is 11.4. The number of hydrogen-bond acceptors (Lipinski definition) is 12. The van der Waals surface area contributed by atoms with Gasteiger partial charge in [-0.05, 0) is 56.2 Å². The van der Waals surface area contributed by atoms with Crippen LogP contribution < -0.4 is 48.7 Å². The number of para-hydroxylation sites is 1. The molecule has 0 aliphatic carbocycles. The zero-order valence-electron chi connectivity index (χ0n) is 39.1. The number of amides is 9. The van der Waals surface area contributed by atoms with Gasteiger partial charge in [0.15, 0.2) is 0 Å². The van der Waals surface area contributed by atoms with Gasteiger partial charge in [-0.3, -0.25) is 47.9 Å². The Labute approximate surface area is 402 Å². The maximum atomic E-state index is 14.4. The molecule has 3 aromatic rings. The van der Waals surface area contributed by atoms with E-state index in [1.807, 2.05) is 29.6 Å². The summed E-state index contributed by atoms with van der Waals surface area (Å²) >= 11 is 0. The van der Waals surface area contributed by atoms with Crippen molar-refractivity contribution < 1.29 is 63.0 Å². The Hall–Kier alpha value is -7.89. The summed E-state index contributed by atoms with van der Waals surface area (Å²) in [5, 5.41) is 36.6. The second-order valence-corrected chi connectivity index (χ2v) is 17.3. The van der Waals surface area contributed by atoms with Gasteiger partial charge in [-0.1, -0.05) is 62.4 Å². The van der Waals surface area contributed by atoms with Crippen molar-refractivity contribution in [3.05, 3.63) is 71.9 Å². The third-order valence-electron chi connectivity index (χ3n) is 11.4. The summed E-state index contributed by atoms with van der Waals surface area (Å²) in [6, 6.07) is 5.49. The number of aromatic nitrogens is 1. The molecule has 9 amide bonds. The number of carbonyl (C=O) groups is 11.